The molecule has 0 aliphatic carbocycles. The third kappa shape index (κ3) is 3.71. The van der Waals surface area contributed by atoms with E-state index in [1.54, 1.807) is 4.90 Å². The van der Waals surface area contributed by atoms with Gasteiger partial charge in [0, 0.05) is 38.6 Å². The molecule has 0 aromatic heterocycles. The molecule has 2 aliphatic heterocycles. The van der Waals surface area contributed by atoms with Crippen molar-refractivity contribution in [3.8, 4) is 0 Å². The summed E-state index contributed by atoms with van der Waals surface area (Å²) < 4.78 is 0. The standard InChI is InChI=1S/C17H24N4O2/c1-13-11-18-8-10-20(13)12-16(22)19-14-5-2-3-6-15(14)21-9-4-7-17(21)23/h2-3,5-6,13,18H,4,7-12H2,1H3,(H,19,22)/t13-/m0/s1. The average molecular weight is 316 g/mol. The number of benzene rings is 1. The molecule has 23 heavy (non-hydrogen) atoms. The summed E-state index contributed by atoms with van der Waals surface area (Å²) in [4.78, 5) is 28.3. The largest absolute Gasteiger partial charge is 0.323 e. The second-order valence-corrected chi connectivity index (χ2v) is 6.24. The minimum absolute atomic E-state index is 0.0298. The molecule has 2 heterocycles. The Morgan fingerprint density at radius 3 is 2.91 bits per heavy atom. The van der Waals surface area contributed by atoms with Crippen LogP contribution in [0.15, 0.2) is 24.3 Å². The minimum atomic E-state index is -0.0298. The van der Waals surface area contributed by atoms with Gasteiger partial charge in [-0.15, -0.1) is 0 Å². The van der Waals surface area contributed by atoms with Crippen LogP contribution in [0, 0.1) is 0 Å². The van der Waals surface area contributed by atoms with Gasteiger partial charge in [0.25, 0.3) is 0 Å². The number of rotatable bonds is 4. The molecule has 0 spiro atoms. The molecule has 2 saturated heterocycles. The Hall–Kier alpha value is -1.92. The highest BCUT2D eigenvalue weighted by Crippen LogP contribution is 2.29. The lowest BCUT2D eigenvalue weighted by molar-refractivity contribution is -0.118. The third-order valence-corrected chi connectivity index (χ3v) is 4.53. The van der Waals surface area contributed by atoms with Gasteiger partial charge in [-0.05, 0) is 25.5 Å². The van der Waals surface area contributed by atoms with Gasteiger partial charge in [-0.25, -0.2) is 0 Å². The Labute approximate surface area is 136 Å². The van der Waals surface area contributed by atoms with Crippen molar-refractivity contribution < 1.29 is 9.59 Å². The number of amides is 2. The first kappa shape index (κ1) is 16.0. The van der Waals surface area contributed by atoms with Gasteiger partial charge in [-0.1, -0.05) is 12.1 Å². The third-order valence-electron chi connectivity index (χ3n) is 4.53. The summed E-state index contributed by atoms with van der Waals surface area (Å²) in [6.45, 7) is 5.92. The normalized spacial score (nSPS) is 22.4. The summed E-state index contributed by atoms with van der Waals surface area (Å²) in [5.41, 5.74) is 1.52. The number of hydrogen-bond acceptors (Lipinski definition) is 4. The van der Waals surface area contributed by atoms with Crippen LogP contribution in [0.25, 0.3) is 0 Å². The molecule has 2 amide bonds. The zero-order chi connectivity index (χ0) is 16.2. The second kappa shape index (κ2) is 7.10. The van der Waals surface area contributed by atoms with E-state index < -0.39 is 0 Å². The van der Waals surface area contributed by atoms with Gasteiger partial charge >= 0.3 is 0 Å². The van der Waals surface area contributed by atoms with Crippen LogP contribution in [-0.4, -0.2) is 55.5 Å². The van der Waals surface area contributed by atoms with E-state index in [1.807, 2.05) is 24.3 Å². The van der Waals surface area contributed by atoms with Gasteiger partial charge < -0.3 is 15.5 Å². The summed E-state index contributed by atoms with van der Waals surface area (Å²) >= 11 is 0. The molecule has 0 radical (unpaired) electrons. The molecule has 2 N–H and O–H groups in total. The molecule has 0 unspecified atom stereocenters. The van der Waals surface area contributed by atoms with E-state index in [2.05, 4.69) is 22.5 Å². The molecule has 2 fully saturated rings. The van der Waals surface area contributed by atoms with Gasteiger partial charge in [0.1, 0.15) is 0 Å². The fraction of sp³-hybridized carbons (Fsp3) is 0.529. The zero-order valence-corrected chi connectivity index (χ0v) is 13.5. The van der Waals surface area contributed by atoms with Crippen molar-refractivity contribution in [2.24, 2.45) is 0 Å². The number of carbonyl (C=O) groups excluding carboxylic acids is 2. The molecule has 0 bridgehead atoms. The molecule has 1 aromatic rings. The Bertz CT molecular complexity index is 590. The van der Waals surface area contributed by atoms with Crippen LogP contribution >= 0.6 is 0 Å². The van der Waals surface area contributed by atoms with E-state index >= 15 is 0 Å². The quantitative estimate of drug-likeness (QED) is 0.871. The highest BCUT2D eigenvalue weighted by Gasteiger charge is 2.25. The Morgan fingerprint density at radius 2 is 2.17 bits per heavy atom. The molecule has 124 valence electrons. The lowest BCUT2D eigenvalue weighted by Crippen LogP contribution is -2.52. The summed E-state index contributed by atoms with van der Waals surface area (Å²) in [5.74, 6) is 0.0975. The van der Waals surface area contributed by atoms with Crippen molar-refractivity contribution in [3.63, 3.8) is 0 Å². The maximum atomic E-state index is 12.4. The van der Waals surface area contributed by atoms with E-state index in [1.165, 1.54) is 0 Å². The maximum Gasteiger partial charge on any atom is 0.238 e. The summed E-state index contributed by atoms with van der Waals surface area (Å²) in [6, 6.07) is 7.89. The lowest BCUT2D eigenvalue weighted by Gasteiger charge is -2.33. The second-order valence-electron chi connectivity index (χ2n) is 6.24. The zero-order valence-electron chi connectivity index (χ0n) is 13.5. The van der Waals surface area contributed by atoms with Crippen molar-refractivity contribution in [1.82, 2.24) is 10.2 Å². The molecule has 0 saturated carbocycles. The summed E-state index contributed by atoms with van der Waals surface area (Å²) in [7, 11) is 0. The van der Waals surface area contributed by atoms with Crippen LogP contribution in [0.1, 0.15) is 19.8 Å². The summed E-state index contributed by atoms with van der Waals surface area (Å²) in [5, 5.41) is 6.30. The van der Waals surface area contributed by atoms with Gasteiger partial charge in [0.15, 0.2) is 0 Å². The van der Waals surface area contributed by atoms with E-state index in [9.17, 15) is 9.59 Å². The van der Waals surface area contributed by atoms with Crippen molar-refractivity contribution in [3.05, 3.63) is 24.3 Å². The average Bonchev–Trinajstić information content (AvgIpc) is 2.96. The SMILES string of the molecule is C[C@H]1CNCCN1CC(=O)Nc1ccccc1N1CCCC1=O. The molecule has 3 rings (SSSR count). The fourth-order valence-electron chi connectivity index (χ4n) is 3.21. The van der Waals surface area contributed by atoms with Crippen molar-refractivity contribution in [1.29, 1.82) is 0 Å². The molecule has 6 heteroatoms. The van der Waals surface area contributed by atoms with Gasteiger partial charge in [-0.2, -0.15) is 0 Å². The van der Waals surface area contributed by atoms with Crippen molar-refractivity contribution in [2.45, 2.75) is 25.8 Å². The number of piperazine rings is 1. The predicted molar refractivity (Wildman–Crippen MR) is 90.6 cm³/mol. The van der Waals surface area contributed by atoms with Crippen LogP contribution in [0.3, 0.4) is 0 Å². The minimum Gasteiger partial charge on any atom is -0.323 e. The Kier molecular flexibility index (Phi) is 4.93. The fourth-order valence-corrected chi connectivity index (χ4v) is 3.21. The molecular formula is C17H24N4O2. The maximum absolute atomic E-state index is 12.4. The molecular weight excluding hydrogens is 292 g/mol. The molecule has 1 aromatic carbocycles. The van der Waals surface area contributed by atoms with Crippen molar-refractivity contribution >= 4 is 23.2 Å². The van der Waals surface area contributed by atoms with E-state index in [0.29, 0.717) is 19.0 Å². The van der Waals surface area contributed by atoms with E-state index in [4.69, 9.17) is 0 Å². The predicted octanol–water partition coefficient (Wildman–Crippen LogP) is 1.05. The van der Waals surface area contributed by atoms with Crippen LogP contribution < -0.4 is 15.5 Å². The number of nitrogens with zero attached hydrogens (tertiary/aromatic N) is 2. The number of hydrogen-bond donors (Lipinski definition) is 2. The molecule has 6 nitrogen and oxygen atoms in total. The smallest absolute Gasteiger partial charge is 0.238 e. The van der Waals surface area contributed by atoms with Crippen LogP contribution in [0.5, 0.6) is 0 Å². The lowest BCUT2D eigenvalue weighted by atomic mass is 10.2. The van der Waals surface area contributed by atoms with Gasteiger partial charge in [0.2, 0.25) is 11.8 Å². The van der Waals surface area contributed by atoms with Crippen LogP contribution in [-0.2, 0) is 9.59 Å². The van der Waals surface area contributed by atoms with Crippen LogP contribution in [0.4, 0.5) is 11.4 Å². The monoisotopic (exact) mass is 316 g/mol. The van der Waals surface area contributed by atoms with E-state index in [-0.39, 0.29) is 11.8 Å². The number of carbonyl (C=O) groups is 2. The highest BCUT2D eigenvalue weighted by atomic mass is 16.2. The van der Waals surface area contributed by atoms with Crippen molar-refractivity contribution in [2.75, 3.05) is 42.9 Å². The number of anilines is 2. The summed E-state index contributed by atoms with van der Waals surface area (Å²) in [6.07, 6.45) is 1.46. The first-order valence-corrected chi connectivity index (χ1v) is 8.29. The Balaban J connectivity index is 1.67. The van der Waals surface area contributed by atoms with Gasteiger partial charge in [-0.3, -0.25) is 14.5 Å². The topological polar surface area (TPSA) is 64.7 Å². The first-order chi connectivity index (χ1) is 11.1. The number of para-hydroxylation sites is 2. The highest BCUT2D eigenvalue weighted by molar-refractivity contribution is 6.02. The molecule has 1 atom stereocenters. The first-order valence-electron chi connectivity index (χ1n) is 8.29. The number of nitrogens with one attached hydrogen (secondary N) is 2. The Morgan fingerprint density at radius 1 is 1.35 bits per heavy atom. The van der Waals surface area contributed by atoms with E-state index in [0.717, 1.165) is 44.0 Å². The molecule has 2 aliphatic rings. The van der Waals surface area contributed by atoms with Gasteiger partial charge in [0.05, 0.1) is 17.9 Å². The van der Waals surface area contributed by atoms with Crippen LogP contribution in [0.2, 0.25) is 0 Å².